The van der Waals surface area contributed by atoms with Crippen LogP contribution in [0, 0.1) is 10.6 Å². The Balaban J connectivity index is 2.15. The zero-order chi connectivity index (χ0) is 13.4. The molecule has 0 amide bonds. The molecule has 2 aromatic carbocycles. The first-order valence-electron chi connectivity index (χ1n) is 5.76. The van der Waals surface area contributed by atoms with Gasteiger partial charge in [-0.25, -0.2) is 4.39 Å². The molecule has 0 saturated heterocycles. The molecule has 3 rings (SSSR count). The second-order valence-electron chi connectivity index (χ2n) is 4.27. The summed E-state index contributed by atoms with van der Waals surface area (Å²) in [5.74, 6) is -0.262. The van der Waals surface area contributed by atoms with Crippen LogP contribution in [-0.2, 0) is 6.54 Å². The topological polar surface area (TPSA) is 20.7 Å². The van der Waals surface area contributed by atoms with Gasteiger partial charge in [0.1, 0.15) is 5.82 Å². The van der Waals surface area contributed by atoms with E-state index in [2.05, 4.69) is 20.9 Å². The number of hydrogen-bond donors (Lipinski definition) is 1. The van der Waals surface area contributed by atoms with Crippen molar-refractivity contribution < 1.29 is 4.39 Å². The molecule has 0 aliphatic carbocycles. The molecule has 1 aromatic heterocycles. The predicted molar refractivity (Wildman–Crippen MR) is 80.3 cm³/mol. The highest BCUT2D eigenvalue weighted by Gasteiger charge is 2.07. The van der Waals surface area contributed by atoms with Gasteiger partial charge in [-0.2, -0.15) is 0 Å². The number of hydrogen-bond acceptors (Lipinski definition) is 1. The zero-order valence-electron chi connectivity index (χ0n) is 9.86. The van der Waals surface area contributed by atoms with Crippen molar-refractivity contribution in [3.05, 3.63) is 63.1 Å². The van der Waals surface area contributed by atoms with E-state index in [4.69, 9.17) is 12.2 Å². The van der Waals surface area contributed by atoms with Crippen LogP contribution in [0.2, 0.25) is 0 Å². The monoisotopic (exact) mass is 336 g/mol. The van der Waals surface area contributed by atoms with Crippen molar-refractivity contribution in [1.82, 2.24) is 9.55 Å². The number of aromatic nitrogens is 2. The van der Waals surface area contributed by atoms with Gasteiger partial charge in [0.2, 0.25) is 0 Å². The second kappa shape index (κ2) is 4.90. The first-order valence-corrected chi connectivity index (χ1v) is 6.97. The van der Waals surface area contributed by atoms with Gasteiger partial charge in [-0.05, 0) is 42.0 Å². The molecule has 0 spiro atoms. The number of halogens is 2. The Labute approximate surface area is 123 Å². The Kier molecular flexibility index (Phi) is 3.24. The minimum Gasteiger partial charge on any atom is -0.331 e. The third-order valence-corrected chi connectivity index (χ3v) is 4.12. The zero-order valence-corrected chi connectivity index (χ0v) is 12.3. The van der Waals surface area contributed by atoms with Gasteiger partial charge in [-0.15, -0.1) is 0 Å². The van der Waals surface area contributed by atoms with E-state index in [0.717, 1.165) is 21.1 Å². The van der Waals surface area contributed by atoms with E-state index in [9.17, 15) is 4.39 Å². The Bertz CT molecular complexity index is 807. The van der Waals surface area contributed by atoms with E-state index >= 15 is 0 Å². The summed E-state index contributed by atoms with van der Waals surface area (Å²) >= 11 is 8.82. The van der Waals surface area contributed by atoms with Gasteiger partial charge in [0, 0.05) is 4.47 Å². The van der Waals surface area contributed by atoms with Gasteiger partial charge in [0.05, 0.1) is 17.6 Å². The Morgan fingerprint density at radius 1 is 1.21 bits per heavy atom. The van der Waals surface area contributed by atoms with Crippen molar-refractivity contribution in [3.8, 4) is 0 Å². The quantitative estimate of drug-likeness (QED) is 0.675. The van der Waals surface area contributed by atoms with Crippen molar-refractivity contribution >= 4 is 39.2 Å². The fourth-order valence-electron chi connectivity index (χ4n) is 2.08. The lowest BCUT2D eigenvalue weighted by Crippen LogP contribution is -2.00. The summed E-state index contributed by atoms with van der Waals surface area (Å²) in [6.45, 7) is 0.601. The predicted octanol–water partition coefficient (Wildman–Crippen LogP) is 4.65. The molecule has 0 aliphatic heterocycles. The molecular weight excluding hydrogens is 327 g/mol. The molecular formula is C14H10BrFN2S. The van der Waals surface area contributed by atoms with Crippen LogP contribution >= 0.6 is 28.1 Å². The second-order valence-corrected chi connectivity index (χ2v) is 5.51. The summed E-state index contributed by atoms with van der Waals surface area (Å²) in [5.41, 5.74) is 2.72. The number of nitrogens with zero attached hydrogens (tertiary/aromatic N) is 1. The van der Waals surface area contributed by atoms with Crippen LogP contribution in [0.25, 0.3) is 11.0 Å². The molecule has 2 nitrogen and oxygen atoms in total. The average Bonchev–Trinajstić information content (AvgIpc) is 2.69. The Hall–Kier alpha value is -1.46. The van der Waals surface area contributed by atoms with Crippen molar-refractivity contribution in [3.63, 3.8) is 0 Å². The lowest BCUT2D eigenvalue weighted by molar-refractivity contribution is 0.628. The summed E-state index contributed by atoms with van der Waals surface area (Å²) in [6.07, 6.45) is 0. The minimum absolute atomic E-state index is 0.262. The van der Waals surface area contributed by atoms with E-state index in [1.54, 1.807) is 6.07 Å². The summed E-state index contributed by atoms with van der Waals surface area (Å²) in [7, 11) is 0. The summed E-state index contributed by atoms with van der Waals surface area (Å²) in [4.78, 5) is 3.09. The maximum atomic E-state index is 13.4. The smallest absolute Gasteiger partial charge is 0.178 e. The van der Waals surface area contributed by atoms with Crippen molar-refractivity contribution in [1.29, 1.82) is 0 Å². The number of rotatable bonds is 2. The molecule has 0 aliphatic rings. The van der Waals surface area contributed by atoms with Crippen LogP contribution in [-0.4, -0.2) is 9.55 Å². The lowest BCUT2D eigenvalue weighted by atomic mass is 10.2. The van der Waals surface area contributed by atoms with Crippen LogP contribution in [0.3, 0.4) is 0 Å². The summed E-state index contributed by atoms with van der Waals surface area (Å²) in [6, 6.07) is 12.6. The Morgan fingerprint density at radius 3 is 2.79 bits per heavy atom. The van der Waals surface area contributed by atoms with Gasteiger partial charge in [0.15, 0.2) is 4.77 Å². The molecule has 1 heterocycles. The van der Waals surface area contributed by atoms with Crippen LogP contribution in [0.5, 0.6) is 0 Å². The molecule has 0 bridgehead atoms. The molecule has 96 valence electrons. The maximum absolute atomic E-state index is 13.4. The Morgan fingerprint density at radius 2 is 2.00 bits per heavy atom. The third kappa shape index (κ3) is 2.35. The molecule has 0 saturated carbocycles. The fraction of sp³-hybridized carbons (Fsp3) is 0.0714. The molecule has 0 unspecified atom stereocenters. The highest BCUT2D eigenvalue weighted by atomic mass is 79.9. The number of nitrogens with one attached hydrogen (secondary N) is 1. The molecule has 0 atom stereocenters. The van der Waals surface area contributed by atoms with Gasteiger partial charge < -0.3 is 9.55 Å². The van der Waals surface area contributed by atoms with Crippen LogP contribution < -0.4 is 0 Å². The summed E-state index contributed by atoms with van der Waals surface area (Å²) < 4.78 is 16.9. The van der Waals surface area contributed by atoms with Crippen LogP contribution in [0.15, 0.2) is 46.9 Å². The number of imidazole rings is 1. The van der Waals surface area contributed by atoms with Gasteiger partial charge in [-0.1, -0.05) is 34.1 Å². The molecule has 5 heteroatoms. The van der Waals surface area contributed by atoms with E-state index < -0.39 is 0 Å². The van der Waals surface area contributed by atoms with E-state index in [1.807, 2.05) is 28.8 Å². The van der Waals surface area contributed by atoms with E-state index in [-0.39, 0.29) is 5.82 Å². The van der Waals surface area contributed by atoms with Gasteiger partial charge in [0.25, 0.3) is 0 Å². The summed E-state index contributed by atoms with van der Waals surface area (Å²) in [5, 5.41) is 0. The van der Waals surface area contributed by atoms with Crippen molar-refractivity contribution in [2.75, 3.05) is 0 Å². The van der Waals surface area contributed by atoms with Crippen LogP contribution in [0.4, 0.5) is 4.39 Å². The maximum Gasteiger partial charge on any atom is 0.178 e. The molecule has 0 radical (unpaired) electrons. The van der Waals surface area contributed by atoms with E-state index in [1.165, 1.54) is 12.1 Å². The third-order valence-electron chi connectivity index (χ3n) is 3.02. The van der Waals surface area contributed by atoms with Crippen molar-refractivity contribution in [2.45, 2.75) is 6.54 Å². The lowest BCUT2D eigenvalue weighted by Gasteiger charge is -2.07. The number of fused-ring (bicyclic) bond motifs is 1. The minimum atomic E-state index is -0.262. The number of H-pyrrole nitrogens is 1. The first kappa shape index (κ1) is 12.6. The SMILES string of the molecule is Fc1ccc2[nH]c(=S)n(Cc3ccccc3Br)c2c1. The van der Waals surface area contributed by atoms with Crippen LogP contribution in [0.1, 0.15) is 5.56 Å². The van der Waals surface area contributed by atoms with E-state index in [0.29, 0.717) is 11.3 Å². The largest absolute Gasteiger partial charge is 0.331 e. The number of aromatic amines is 1. The first-order chi connectivity index (χ1) is 9.15. The standard InChI is InChI=1S/C14H10BrFN2S/c15-11-4-2-1-3-9(11)8-18-13-7-10(16)5-6-12(13)17-14(18)19/h1-7H,8H2,(H,17,19). The molecule has 19 heavy (non-hydrogen) atoms. The highest BCUT2D eigenvalue weighted by Crippen LogP contribution is 2.21. The van der Waals surface area contributed by atoms with Crippen molar-refractivity contribution in [2.24, 2.45) is 0 Å². The van der Waals surface area contributed by atoms with Gasteiger partial charge in [-0.3, -0.25) is 0 Å². The molecule has 1 N–H and O–H groups in total. The average molecular weight is 337 g/mol. The highest BCUT2D eigenvalue weighted by molar-refractivity contribution is 9.10. The fourth-order valence-corrected chi connectivity index (χ4v) is 2.76. The van der Waals surface area contributed by atoms with Gasteiger partial charge >= 0.3 is 0 Å². The molecule has 0 fully saturated rings. The number of benzene rings is 2. The normalized spacial score (nSPS) is 11.1. The molecule has 3 aromatic rings.